The van der Waals surface area contributed by atoms with E-state index in [0.29, 0.717) is 5.92 Å². The molecule has 2 rings (SSSR count). The van der Waals surface area contributed by atoms with Gasteiger partial charge < -0.3 is 5.73 Å². The van der Waals surface area contributed by atoms with E-state index in [1.54, 1.807) is 11.8 Å². The van der Waals surface area contributed by atoms with Crippen LogP contribution in [0.5, 0.6) is 0 Å². The van der Waals surface area contributed by atoms with E-state index in [1.807, 2.05) is 6.08 Å². The van der Waals surface area contributed by atoms with Gasteiger partial charge in [0.25, 0.3) is 0 Å². The fourth-order valence-corrected chi connectivity index (χ4v) is 3.11. The van der Waals surface area contributed by atoms with Crippen LogP contribution in [-0.2, 0) is 4.79 Å². The molecule has 0 saturated carbocycles. The van der Waals surface area contributed by atoms with Gasteiger partial charge in [-0.15, -0.1) is 11.8 Å². The molecule has 0 aromatic carbocycles. The lowest BCUT2D eigenvalue weighted by Gasteiger charge is -2.15. The fourth-order valence-electron chi connectivity index (χ4n) is 1.72. The molecule has 2 N–H and O–H groups in total. The summed E-state index contributed by atoms with van der Waals surface area (Å²) in [5.74, 6) is 1.45. The Kier molecular flexibility index (Phi) is 1.97. The molecule has 1 aliphatic carbocycles. The Balaban J connectivity index is 2.38. The molecule has 0 aromatic rings. The van der Waals surface area contributed by atoms with Crippen LogP contribution in [0.1, 0.15) is 12.8 Å². The number of carbonyl (C=O) groups is 1. The monoisotopic (exact) mass is 181 g/mol. The standard InChI is InChI=1S/C9H11NOS/c10-9(11)7-3-1-2-6-4-5-12-8(6)7/h1,3,6H,2,4-5H2,(H2,10,11). The summed E-state index contributed by atoms with van der Waals surface area (Å²) in [6.45, 7) is 0. The summed E-state index contributed by atoms with van der Waals surface area (Å²) < 4.78 is 0. The lowest BCUT2D eigenvalue weighted by Crippen LogP contribution is -2.17. The minimum Gasteiger partial charge on any atom is -0.366 e. The third-order valence-electron chi connectivity index (χ3n) is 2.33. The van der Waals surface area contributed by atoms with Gasteiger partial charge in [-0.25, -0.2) is 0 Å². The molecule has 1 amide bonds. The molecule has 0 spiro atoms. The summed E-state index contributed by atoms with van der Waals surface area (Å²) >= 11 is 1.79. The first-order valence-corrected chi connectivity index (χ1v) is 5.11. The van der Waals surface area contributed by atoms with Crippen LogP contribution in [0.15, 0.2) is 22.6 Å². The van der Waals surface area contributed by atoms with E-state index in [2.05, 4.69) is 6.08 Å². The third-order valence-corrected chi connectivity index (χ3v) is 3.63. The topological polar surface area (TPSA) is 43.1 Å². The number of carbonyl (C=O) groups excluding carboxylic acids is 1. The molecule has 2 aliphatic rings. The van der Waals surface area contributed by atoms with E-state index < -0.39 is 0 Å². The molecule has 1 fully saturated rings. The van der Waals surface area contributed by atoms with Gasteiger partial charge in [0.1, 0.15) is 0 Å². The first kappa shape index (κ1) is 7.92. The number of fused-ring (bicyclic) bond motifs is 1. The summed E-state index contributed by atoms with van der Waals surface area (Å²) in [5, 5.41) is 0. The van der Waals surface area contributed by atoms with Crippen LogP contribution >= 0.6 is 11.8 Å². The van der Waals surface area contributed by atoms with E-state index in [9.17, 15) is 4.79 Å². The van der Waals surface area contributed by atoms with E-state index in [0.717, 1.165) is 17.7 Å². The van der Waals surface area contributed by atoms with Crippen molar-refractivity contribution in [2.45, 2.75) is 12.8 Å². The zero-order valence-corrected chi connectivity index (χ0v) is 7.56. The van der Waals surface area contributed by atoms with Crippen LogP contribution in [-0.4, -0.2) is 11.7 Å². The summed E-state index contributed by atoms with van der Waals surface area (Å²) in [4.78, 5) is 12.2. The Labute approximate surface area is 75.9 Å². The zero-order valence-electron chi connectivity index (χ0n) is 6.75. The van der Waals surface area contributed by atoms with Gasteiger partial charge in [-0.2, -0.15) is 0 Å². The predicted octanol–water partition coefficient (Wildman–Crippen LogP) is 1.44. The van der Waals surface area contributed by atoms with Gasteiger partial charge in [0.05, 0.1) is 0 Å². The summed E-state index contributed by atoms with van der Waals surface area (Å²) in [5.41, 5.74) is 6.01. The molecule has 1 saturated heterocycles. The van der Waals surface area contributed by atoms with Crippen molar-refractivity contribution >= 4 is 17.7 Å². The van der Waals surface area contributed by atoms with Crippen LogP contribution in [0.3, 0.4) is 0 Å². The highest BCUT2D eigenvalue weighted by atomic mass is 32.2. The lowest BCUT2D eigenvalue weighted by molar-refractivity contribution is -0.114. The van der Waals surface area contributed by atoms with Crippen molar-refractivity contribution < 1.29 is 4.79 Å². The quantitative estimate of drug-likeness (QED) is 0.665. The van der Waals surface area contributed by atoms with Gasteiger partial charge >= 0.3 is 0 Å². The highest BCUT2D eigenvalue weighted by molar-refractivity contribution is 8.03. The first-order chi connectivity index (χ1) is 5.79. The van der Waals surface area contributed by atoms with E-state index >= 15 is 0 Å². The number of nitrogens with two attached hydrogens (primary N) is 1. The molecule has 64 valence electrons. The largest absolute Gasteiger partial charge is 0.366 e. The van der Waals surface area contributed by atoms with E-state index in [4.69, 9.17) is 5.73 Å². The number of thioether (sulfide) groups is 1. The number of rotatable bonds is 1. The Morgan fingerprint density at radius 3 is 3.25 bits per heavy atom. The molecule has 3 heteroatoms. The maximum atomic E-state index is 11.0. The number of primary amides is 1. The second kappa shape index (κ2) is 2.98. The van der Waals surface area contributed by atoms with Crippen molar-refractivity contribution in [3.8, 4) is 0 Å². The average molecular weight is 181 g/mol. The normalized spacial score (nSPS) is 27.5. The number of amides is 1. The van der Waals surface area contributed by atoms with Gasteiger partial charge in [0, 0.05) is 10.5 Å². The van der Waals surface area contributed by atoms with Gasteiger partial charge in [-0.05, 0) is 24.5 Å². The van der Waals surface area contributed by atoms with Gasteiger partial charge in [0.2, 0.25) is 5.91 Å². The summed E-state index contributed by atoms with van der Waals surface area (Å²) in [6.07, 6.45) is 6.20. The minimum absolute atomic E-state index is 0.277. The van der Waals surface area contributed by atoms with Crippen molar-refractivity contribution in [1.29, 1.82) is 0 Å². The lowest BCUT2D eigenvalue weighted by atomic mass is 9.94. The third kappa shape index (κ3) is 1.18. The molecule has 1 heterocycles. The molecular formula is C9H11NOS. The molecule has 1 atom stereocenters. The van der Waals surface area contributed by atoms with Gasteiger partial charge in [0.15, 0.2) is 0 Å². The van der Waals surface area contributed by atoms with Gasteiger partial charge in [-0.1, -0.05) is 12.2 Å². The molecule has 1 unspecified atom stereocenters. The van der Waals surface area contributed by atoms with Crippen molar-refractivity contribution in [3.63, 3.8) is 0 Å². The SMILES string of the molecule is NC(=O)C1=C2SCCC2CC=C1. The van der Waals surface area contributed by atoms with E-state index in [1.165, 1.54) is 11.3 Å². The second-order valence-electron chi connectivity index (χ2n) is 3.11. The average Bonchev–Trinajstić information content (AvgIpc) is 2.49. The molecular weight excluding hydrogens is 170 g/mol. The molecule has 1 aliphatic heterocycles. The summed E-state index contributed by atoms with van der Waals surface area (Å²) in [7, 11) is 0. The van der Waals surface area contributed by atoms with Crippen molar-refractivity contribution in [2.75, 3.05) is 5.75 Å². The van der Waals surface area contributed by atoms with Crippen molar-refractivity contribution in [3.05, 3.63) is 22.6 Å². The number of allylic oxidation sites excluding steroid dienone is 2. The van der Waals surface area contributed by atoms with Crippen LogP contribution in [0, 0.1) is 5.92 Å². The van der Waals surface area contributed by atoms with Crippen molar-refractivity contribution in [1.82, 2.24) is 0 Å². The highest BCUT2D eigenvalue weighted by Gasteiger charge is 2.27. The number of hydrogen-bond donors (Lipinski definition) is 1. The minimum atomic E-state index is -0.277. The van der Waals surface area contributed by atoms with Crippen LogP contribution in [0.2, 0.25) is 0 Å². The maximum absolute atomic E-state index is 11.0. The predicted molar refractivity (Wildman–Crippen MR) is 50.5 cm³/mol. The smallest absolute Gasteiger partial charge is 0.249 e. The maximum Gasteiger partial charge on any atom is 0.249 e. The molecule has 12 heavy (non-hydrogen) atoms. The molecule has 0 aromatic heterocycles. The van der Waals surface area contributed by atoms with E-state index in [-0.39, 0.29) is 5.91 Å². The highest BCUT2D eigenvalue weighted by Crippen LogP contribution is 2.42. The second-order valence-corrected chi connectivity index (χ2v) is 4.25. The Morgan fingerprint density at radius 2 is 2.50 bits per heavy atom. The van der Waals surface area contributed by atoms with Crippen LogP contribution < -0.4 is 5.73 Å². The van der Waals surface area contributed by atoms with Gasteiger partial charge in [-0.3, -0.25) is 4.79 Å². The molecule has 0 radical (unpaired) electrons. The zero-order chi connectivity index (χ0) is 8.55. The Bertz CT molecular complexity index is 280. The Morgan fingerprint density at radius 1 is 1.67 bits per heavy atom. The Hall–Kier alpha value is -0.700. The molecule has 2 nitrogen and oxygen atoms in total. The fraction of sp³-hybridized carbons (Fsp3) is 0.444. The van der Waals surface area contributed by atoms with Crippen LogP contribution in [0.25, 0.3) is 0 Å². The van der Waals surface area contributed by atoms with Crippen LogP contribution in [0.4, 0.5) is 0 Å². The molecule has 0 bridgehead atoms. The first-order valence-electron chi connectivity index (χ1n) is 4.12. The van der Waals surface area contributed by atoms with Crippen molar-refractivity contribution in [2.24, 2.45) is 11.7 Å². The summed E-state index contributed by atoms with van der Waals surface area (Å²) in [6, 6.07) is 0. The number of hydrogen-bond acceptors (Lipinski definition) is 2.